The summed E-state index contributed by atoms with van der Waals surface area (Å²) < 4.78 is 4.23. The summed E-state index contributed by atoms with van der Waals surface area (Å²) in [6.07, 6.45) is 7.47. The molecule has 0 radical (unpaired) electrons. The Hall–Kier alpha value is -3.65. The van der Waals surface area contributed by atoms with Crippen molar-refractivity contribution in [3.05, 3.63) is 54.2 Å². The fourth-order valence-corrected chi connectivity index (χ4v) is 4.88. The molecule has 5 rings (SSSR count). The molecule has 3 heterocycles. The van der Waals surface area contributed by atoms with E-state index in [1.807, 2.05) is 29.9 Å². The molecule has 4 aromatic rings. The van der Waals surface area contributed by atoms with Gasteiger partial charge in [-0.3, -0.25) is 4.79 Å². The molecule has 1 fully saturated rings. The molecule has 0 aliphatic heterocycles. The SMILES string of the molecule is C=C(NC[C@H](N)CCCC)c1cc(C(N)=O)c2c(c1)nc(-c1cc3cccnc3n1CC1CC1)n2C. The highest BCUT2D eigenvalue weighted by Crippen LogP contribution is 2.36. The quantitative estimate of drug-likeness (QED) is 0.295. The van der Waals surface area contributed by atoms with Crippen molar-refractivity contribution in [1.82, 2.24) is 24.4 Å². The van der Waals surface area contributed by atoms with Crippen LogP contribution in [0.1, 0.15) is 54.9 Å². The predicted molar refractivity (Wildman–Crippen MR) is 145 cm³/mol. The van der Waals surface area contributed by atoms with Crippen LogP contribution in [0.25, 0.3) is 39.3 Å². The summed E-state index contributed by atoms with van der Waals surface area (Å²) >= 11 is 0. The van der Waals surface area contributed by atoms with E-state index in [2.05, 4.69) is 40.5 Å². The molecule has 8 heteroatoms. The van der Waals surface area contributed by atoms with Gasteiger partial charge in [-0.2, -0.15) is 0 Å². The van der Waals surface area contributed by atoms with Gasteiger partial charge in [-0.1, -0.05) is 26.3 Å². The third-order valence-electron chi connectivity index (χ3n) is 7.11. The van der Waals surface area contributed by atoms with Crippen LogP contribution in [-0.2, 0) is 13.6 Å². The van der Waals surface area contributed by atoms with Gasteiger partial charge in [0.25, 0.3) is 5.91 Å². The maximum atomic E-state index is 12.5. The second-order valence-electron chi connectivity index (χ2n) is 10.0. The van der Waals surface area contributed by atoms with E-state index in [1.165, 1.54) is 12.8 Å². The summed E-state index contributed by atoms with van der Waals surface area (Å²) in [6.45, 7) is 7.87. The number of primary amides is 1. The van der Waals surface area contributed by atoms with Gasteiger partial charge in [-0.15, -0.1) is 0 Å². The van der Waals surface area contributed by atoms with Gasteiger partial charge in [0, 0.05) is 49.0 Å². The van der Waals surface area contributed by atoms with Crippen LogP contribution in [0.15, 0.2) is 43.1 Å². The molecule has 8 nitrogen and oxygen atoms in total. The van der Waals surface area contributed by atoms with Gasteiger partial charge in [-0.05, 0) is 55.5 Å². The Balaban J connectivity index is 1.56. The highest BCUT2D eigenvalue weighted by molar-refractivity contribution is 6.06. The van der Waals surface area contributed by atoms with E-state index in [9.17, 15) is 4.79 Å². The summed E-state index contributed by atoms with van der Waals surface area (Å²) in [6, 6.07) is 9.96. The lowest BCUT2D eigenvalue weighted by atomic mass is 10.1. The Morgan fingerprint density at radius 3 is 2.83 bits per heavy atom. The van der Waals surface area contributed by atoms with Crippen molar-refractivity contribution in [1.29, 1.82) is 0 Å². The maximum absolute atomic E-state index is 12.5. The molecule has 36 heavy (non-hydrogen) atoms. The summed E-state index contributed by atoms with van der Waals surface area (Å²) in [4.78, 5) is 22.2. The van der Waals surface area contributed by atoms with Gasteiger partial charge in [0.05, 0.1) is 22.3 Å². The number of benzene rings is 1. The summed E-state index contributed by atoms with van der Waals surface area (Å²) in [7, 11) is 1.93. The van der Waals surface area contributed by atoms with E-state index in [0.717, 1.165) is 53.9 Å². The zero-order valence-corrected chi connectivity index (χ0v) is 21.1. The number of aryl methyl sites for hydroxylation is 1. The number of fused-ring (bicyclic) bond motifs is 2. The number of carbonyl (C=O) groups excluding carboxylic acids is 1. The number of rotatable bonds is 11. The van der Waals surface area contributed by atoms with Crippen molar-refractivity contribution >= 4 is 33.7 Å². The third kappa shape index (κ3) is 4.60. The molecule has 1 aliphatic rings. The normalized spacial score (nSPS) is 14.4. The van der Waals surface area contributed by atoms with Crippen molar-refractivity contribution in [2.24, 2.45) is 24.4 Å². The number of carbonyl (C=O) groups is 1. The first kappa shape index (κ1) is 24.1. The second-order valence-corrected chi connectivity index (χ2v) is 10.0. The highest BCUT2D eigenvalue weighted by atomic mass is 16.1. The lowest BCUT2D eigenvalue weighted by Crippen LogP contribution is -2.32. The number of aromatic nitrogens is 4. The molecule has 0 unspecified atom stereocenters. The first-order valence-corrected chi connectivity index (χ1v) is 12.8. The van der Waals surface area contributed by atoms with Crippen molar-refractivity contribution in [3.8, 4) is 11.5 Å². The molecule has 0 bridgehead atoms. The summed E-state index contributed by atoms with van der Waals surface area (Å²) in [5.74, 6) is 0.953. The molecule has 188 valence electrons. The number of nitrogens with one attached hydrogen (secondary N) is 1. The monoisotopic (exact) mass is 485 g/mol. The van der Waals surface area contributed by atoms with Gasteiger partial charge >= 0.3 is 0 Å². The number of hydrogen-bond acceptors (Lipinski definition) is 5. The van der Waals surface area contributed by atoms with E-state index in [1.54, 1.807) is 6.07 Å². The van der Waals surface area contributed by atoms with Gasteiger partial charge in [0.15, 0.2) is 5.82 Å². The highest BCUT2D eigenvalue weighted by Gasteiger charge is 2.26. The number of nitrogens with zero attached hydrogens (tertiary/aromatic N) is 4. The Bertz CT molecular complexity index is 1440. The smallest absolute Gasteiger partial charge is 0.250 e. The van der Waals surface area contributed by atoms with Gasteiger partial charge in [0.2, 0.25) is 0 Å². The van der Waals surface area contributed by atoms with Crippen LogP contribution in [0.3, 0.4) is 0 Å². The zero-order valence-electron chi connectivity index (χ0n) is 21.1. The lowest BCUT2D eigenvalue weighted by Gasteiger charge is -2.16. The molecule has 1 saturated carbocycles. The number of imidazole rings is 1. The average Bonchev–Trinajstić information content (AvgIpc) is 3.54. The molecule has 1 amide bonds. The van der Waals surface area contributed by atoms with Crippen LogP contribution in [0.2, 0.25) is 0 Å². The fourth-order valence-electron chi connectivity index (χ4n) is 4.88. The zero-order chi connectivity index (χ0) is 25.4. The third-order valence-corrected chi connectivity index (χ3v) is 7.11. The van der Waals surface area contributed by atoms with Crippen LogP contribution < -0.4 is 16.8 Å². The van der Waals surface area contributed by atoms with Gasteiger partial charge in [-0.25, -0.2) is 9.97 Å². The number of amides is 1. The summed E-state index contributed by atoms with van der Waals surface area (Å²) in [5, 5.41) is 4.41. The largest absolute Gasteiger partial charge is 0.383 e. The Labute approximate surface area is 211 Å². The van der Waals surface area contributed by atoms with Crippen molar-refractivity contribution in [3.63, 3.8) is 0 Å². The van der Waals surface area contributed by atoms with Crippen LogP contribution in [-0.4, -0.2) is 37.6 Å². The van der Waals surface area contributed by atoms with E-state index in [-0.39, 0.29) is 6.04 Å². The molecule has 1 aromatic carbocycles. The minimum Gasteiger partial charge on any atom is -0.383 e. The topological polar surface area (TPSA) is 117 Å². The second kappa shape index (κ2) is 9.78. The van der Waals surface area contributed by atoms with Crippen molar-refractivity contribution in [2.75, 3.05) is 6.54 Å². The number of hydrogen-bond donors (Lipinski definition) is 3. The molecular weight excluding hydrogens is 450 g/mol. The molecule has 1 aliphatic carbocycles. The molecule has 1 atom stereocenters. The van der Waals surface area contributed by atoms with Crippen LogP contribution >= 0.6 is 0 Å². The van der Waals surface area contributed by atoms with Crippen molar-refractivity contribution in [2.45, 2.75) is 51.6 Å². The number of unbranched alkanes of at least 4 members (excludes halogenated alkanes) is 1. The van der Waals surface area contributed by atoms with Crippen molar-refractivity contribution < 1.29 is 4.79 Å². The Kier molecular flexibility index (Phi) is 6.53. The van der Waals surface area contributed by atoms with Crippen LogP contribution in [0.4, 0.5) is 0 Å². The average molecular weight is 486 g/mol. The van der Waals surface area contributed by atoms with Gasteiger partial charge in [0.1, 0.15) is 5.65 Å². The van der Waals surface area contributed by atoms with E-state index in [0.29, 0.717) is 34.8 Å². The molecular formula is C28H35N7O. The Morgan fingerprint density at radius 1 is 1.31 bits per heavy atom. The lowest BCUT2D eigenvalue weighted by molar-refractivity contribution is 0.100. The van der Waals surface area contributed by atoms with E-state index in [4.69, 9.17) is 16.5 Å². The fraction of sp³-hybridized carbons (Fsp3) is 0.393. The van der Waals surface area contributed by atoms with Crippen LogP contribution in [0.5, 0.6) is 0 Å². The summed E-state index contributed by atoms with van der Waals surface area (Å²) in [5.41, 5.74) is 17.3. The van der Waals surface area contributed by atoms with Crippen LogP contribution in [0, 0.1) is 5.92 Å². The molecule has 0 saturated heterocycles. The minimum absolute atomic E-state index is 0.0458. The Morgan fingerprint density at radius 2 is 2.11 bits per heavy atom. The first-order valence-electron chi connectivity index (χ1n) is 12.8. The van der Waals surface area contributed by atoms with Gasteiger partial charge < -0.3 is 25.9 Å². The van der Waals surface area contributed by atoms with E-state index < -0.39 is 5.91 Å². The number of nitrogens with two attached hydrogens (primary N) is 2. The van der Waals surface area contributed by atoms with E-state index >= 15 is 0 Å². The number of pyridine rings is 1. The molecule has 5 N–H and O–H groups in total. The minimum atomic E-state index is -0.496. The molecule has 0 spiro atoms. The first-order chi connectivity index (χ1) is 17.4. The standard InChI is InChI=1S/C28H35N7O/c1-4-5-8-21(29)15-32-17(2)20-12-22(26(30)36)25-23(13-20)33-28(34(25)3)24-14-19-7-6-11-31-27(19)35(24)16-18-9-10-18/h6-7,11-14,18,21,32H,2,4-5,8-10,15-16,29H2,1,3H3,(H2,30,36)/t21-/m1/s1. The molecule has 3 aromatic heterocycles. The maximum Gasteiger partial charge on any atom is 0.250 e. The predicted octanol–water partition coefficient (Wildman–Crippen LogP) is 4.18.